The lowest BCUT2D eigenvalue weighted by Crippen LogP contribution is -2.34. The predicted molar refractivity (Wildman–Crippen MR) is 114 cm³/mol. The minimum absolute atomic E-state index is 0.201. The van der Waals surface area contributed by atoms with E-state index in [0.29, 0.717) is 28.4 Å². The molecule has 1 aliphatic rings. The first-order chi connectivity index (χ1) is 13.6. The molecule has 0 aliphatic carbocycles. The lowest BCUT2D eigenvalue weighted by atomic mass is 10.1. The molecule has 7 nitrogen and oxygen atoms in total. The number of rotatable bonds is 5. The lowest BCUT2D eigenvalue weighted by molar-refractivity contribution is -0.115. The molecule has 2 aromatic rings. The fourth-order valence-corrected chi connectivity index (χ4v) is 4.89. The van der Waals surface area contributed by atoms with Crippen molar-refractivity contribution in [3.8, 4) is 0 Å². The zero-order chi connectivity index (χ0) is 21.3. The Labute approximate surface area is 175 Å². The van der Waals surface area contributed by atoms with Crippen LogP contribution in [0.2, 0.25) is 5.02 Å². The van der Waals surface area contributed by atoms with Gasteiger partial charge in [-0.3, -0.25) is 13.9 Å². The van der Waals surface area contributed by atoms with Crippen molar-refractivity contribution in [1.29, 1.82) is 0 Å². The van der Waals surface area contributed by atoms with Crippen LogP contribution in [0.15, 0.2) is 36.4 Å². The molecule has 0 radical (unpaired) electrons. The van der Waals surface area contributed by atoms with Crippen molar-refractivity contribution in [2.75, 3.05) is 22.4 Å². The molecule has 9 heteroatoms. The van der Waals surface area contributed by atoms with Crippen molar-refractivity contribution in [2.24, 2.45) is 0 Å². The Morgan fingerprint density at radius 3 is 2.66 bits per heavy atom. The van der Waals surface area contributed by atoms with Gasteiger partial charge in [0.25, 0.3) is 5.91 Å². The van der Waals surface area contributed by atoms with Crippen molar-refractivity contribution in [1.82, 2.24) is 5.32 Å². The second kappa shape index (κ2) is 8.04. The van der Waals surface area contributed by atoms with Crippen LogP contribution in [0.1, 0.15) is 28.4 Å². The second-order valence-corrected chi connectivity index (χ2v) is 9.37. The van der Waals surface area contributed by atoms with Gasteiger partial charge in [-0.25, -0.2) is 8.42 Å². The highest BCUT2D eigenvalue weighted by molar-refractivity contribution is 7.92. The van der Waals surface area contributed by atoms with Crippen molar-refractivity contribution in [3.05, 3.63) is 58.1 Å². The van der Waals surface area contributed by atoms with Crippen LogP contribution in [-0.2, 0) is 21.2 Å². The number of carbonyl (C=O) groups excluding carboxylic acids is 2. The van der Waals surface area contributed by atoms with Gasteiger partial charge in [0, 0.05) is 22.3 Å². The van der Waals surface area contributed by atoms with Crippen molar-refractivity contribution in [2.45, 2.75) is 26.3 Å². The van der Waals surface area contributed by atoms with Crippen LogP contribution in [0.4, 0.5) is 11.4 Å². The second-order valence-electron chi connectivity index (χ2n) is 7.10. The number of benzene rings is 2. The van der Waals surface area contributed by atoms with Gasteiger partial charge in [-0.05, 0) is 61.7 Å². The molecule has 0 saturated heterocycles. The van der Waals surface area contributed by atoms with Gasteiger partial charge in [-0.2, -0.15) is 0 Å². The summed E-state index contributed by atoms with van der Waals surface area (Å²) in [4.78, 5) is 24.6. The standard InChI is InChI=1S/C20H22ClN3O4S/c1-12-9-15-10-14(7-8-18(15)24(12)29(3,27)28)20(26)22-11-19(25)23-17-6-4-5-16(21)13(17)2/h4-8,10,12H,9,11H2,1-3H3,(H,22,26)(H,23,25). The van der Waals surface area contributed by atoms with Crippen LogP contribution >= 0.6 is 11.6 Å². The SMILES string of the molecule is Cc1c(Cl)cccc1NC(=O)CNC(=O)c1ccc2c(c1)CC(C)N2S(C)(=O)=O. The van der Waals surface area contributed by atoms with Gasteiger partial charge in [-0.15, -0.1) is 0 Å². The molecule has 29 heavy (non-hydrogen) atoms. The van der Waals surface area contributed by atoms with E-state index >= 15 is 0 Å². The third-order valence-electron chi connectivity index (χ3n) is 4.80. The average Bonchev–Trinajstić information content (AvgIpc) is 2.98. The summed E-state index contributed by atoms with van der Waals surface area (Å²) < 4.78 is 25.3. The summed E-state index contributed by atoms with van der Waals surface area (Å²) in [6.07, 6.45) is 1.69. The van der Waals surface area contributed by atoms with Gasteiger partial charge in [0.05, 0.1) is 18.5 Å². The summed E-state index contributed by atoms with van der Waals surface area (Å²) in [7, 11) is -3.39. The molecule has 154 valence electrons. The number of sulfonamides is 1. The summed E-state index contributed by atoms with van der Waals surface area (Å²) >= 11 is 6.04. The number of carbonyl (C=O) groups is 2. The minimum Gasteiger partial charge on any atom is -0.343 e. The van der Waals surface area contributed by atoms with Crippen LogP contribution in [-0.4, -0.2) is 39.1 Å². The van der Waals surface area contributed by atoms with Crippen LogP contribution in [0, 0.1) is 6.92 Å². The molecule has 0 aromatic heterocycles. The maximum atomic E-state index is 12.4. The van der Waals surface area contributed by atoms with E-state index in [2.05, 4.69) is 10.6 Å². The number of amides is 2. The van der Waals surface area contributed by atoms with Crippen LogP contribution < -0.4 is 14.9 Å². The largest absolute Gasteiger partial charge is 0.343 e. The topological polar surface area (TPSA) is 95.6 Å². The summed E-state index contributed by atoms with van der Waals surface area (Å²) in [5.74, 6) is -0.780. The fourth-order valence-electron chi connectivity index (χ4n) is 3.45. The molecule has 0 spiro atoms. The smallest absolute Gasteiger partial charge is 0.251 e. The molecule has 2 N–H and O–H groups in total. The van der Waals surface area contributed by atoms with Gasteiger partial charge in [-0.1, -0.05) is 17.7 Å². The molecule has 0 bridgehead atoms. The van der Waals surface area contributed by atoms with E-state index < -0.39 is 15.9 Å². The number of nitrogens with one attached hydrogen (secondary N) is 2. The Morgan fingerprint density at radius 1 is 1.24 bits per heavy atom. The first-order valence-electron chi connectivity index (χ1n) is 9.03. The zero-order valence-corrected chi connectivity index (χ0v) is 17.9. The monoisotopic (exact) mass is 435 g/mol. The molecule has 0 saturated carbocycles. The van der Waals surface area contributed by atoms with E-state index in [9.17, 15) is 18.0 Å². The molecule has 1 heterocycles. The highest BCUT2D eigenvalue weighted by Crippen LogP contribution is 2.34. The van der Waals surface area contributed by atoms with Gasteiger partial charge >= 0.3 is 0 Å². The summed E-state index contributed by atoms with van der Waals surface area (Å²) in [5, 5.41) is 5.84. The van der Waals surface area contributed by atoms with Crippen molar-refractivity contribution < 1.29 is 18.0 Å². The van der Waals surface area contributed by atoms with Crippen LogP contribution in [0.5, 0.6) is 0 Å². The molecule has 0 fully saturated rings. The fraction of sp³-hybridized carbons (Fsp3) is 0.300. The van der Waals surface area contributed by atoms with E-state index in [4.69, 9.17) is 11.6 Å². The number of hydrogen-bond acceptors (Lipinski definition) is 4. The van der Waals surface area contributed by atoms with Crippen molar-refractivity contribution in [3.63, 3.8) is 0 Å². The van der Waals surface area contributed by atoms with E-state index in [1.54, 1.807) is 43.3 Å². The van der Waals surface area contributed by atoms with E-state index in [1.165, 1.54) is 10.6 Å². The average molecular weight is 436 g/mol. The van der Waals surface area contributed by atoms with E-state index in [0.717, 1.165) is 11.1 Å². The zero-order valence-electron chi connectivity index (χ0n) is 16.3. The van der Waals surface area contributed by atoms with E-state index in [-0.39, 0.29) is 18.5 Å². The predicted octanol–water partition coefficient (Wildman–Crippen LogP) is 2.73. The molecule has 3 rings (SSSR count). The maximum Gasteiger partial charge on any atom is 0.251 e. The Morgan fingerprint density at radius 2 is 1.97 bits per heavy atom. The number of hydrogen-bond donors (Lipinski definition) is 2. The third-order valence-corrected chi connectivity index (χ3v) is 6.48. The summed E-state index contributed by atoms with van der Waals surface area (Å²) in [5.41, 5.74) is 3.08. The summed E-state index contributed by atoms with van der Waals surface area (Å²) in [6, 6.07) is 9.85. The van der Waals surface area contributed by atoms with Crippen LogP contribution in [0.3, 0.4) is 0 Å². The Kier molecular flexibility index (Phi) is 5.86. The minimum atomic E-state index is -3.39. The highest BCUT2D eigenvalue weighted by Gasteiger charge is 2.32. The molecular weight excluding hydrogens is 414 g/mol. The van der Waals surface area contributed by atoms with Gasteiger partial charge in [0.1, 0.15) is 0 Å². The Hall–Kier alpha value is -2.58. The normalized spacial score (nSPS) is 15.7. The highest BCUT2D eigenvalue weighted by atomic mass is 35.5. The molecule has 2 aromatic carbocycles. The van der Waals surface area contributed by atoms with E-state index in [1.807, 2.05) is 6.92 Å². The molecule has 2 amide bonds. The lowest BCUT2D eigenvalue weighted by Gasteiger charge is -2.21. The Bertz CT molecular complexity index is 1090. The Balaban J connectivity index is 1.66. The molecule has 1 unspecified atom stereocenters. The quantitative estimate of drug-likeness (QED) is 0.754. The number of halogens is 1. The molecule has 1 aliphatic heterocycles. The number of nitrogens with zero attached hydrogens (tertiary/aromatic N) is 1. The van der Waals surface area contributed by atoms with Gasteiger partial charge in [0.15, 0.2) is 0 Å². The number of anilines is 2. The van der Waals surface area contributed by atoms with Crippen LogP contribution in [0.25, 0.3) is 0 Å². The van der Waals surface area contributed by atoms with Gasteiger partial charge < -0.3 is 10.6 Å². The summed E-state index contributed by atoms with van der Waals surface area (Å²) in [6.45, 7) is 3.42. The first kappa shape index (κ1) is 21.1. The first-order valence-corrected chi connectivity index (χ1v) is 11.3. The van der Waals surface area contributed by atoms with Crippen molar-refractivity contribution >= 4 is 44.8 Å². The maximum absolute atomic E-state index is 12.4. The molecular formula is C20H22ClN3O4S. The molecule has 1 atom stereocenters. The third kappa shape index (κ3) is 4.54. The number of fused-ring (bicyclic) bond motifs is 1. The van der Waals surface area contributed by atoms with Gasteiger partial charge in [0.2, 0.25) is 15.9 Å².